The van der Waals surface area contributed by atoms with Crippen LogP contribution in [0, 0.1) is 5.82 Å². The average Bonchev–Trinajstić information content (AvgIpc) is 2.69. The first kappa shape index (κ1) is 17.1. The summed E-state index contributed by atoms with van der Waals surface area (Å²) >= 11 is 0. The molecule has 0 fully saturated rings. The van der Waals surface area contributed by atoms with Crippen molar-refractivity contribution < 1.29 is 12.8 Å². The topological polar surface area (TPSA) is 79.9 Å². The molecule has 4 aromatic rings. The van der Waals surface area contributed by atoms with Crippen molar-refractivity contribution in [1.29, 1.82) is 0 Å². The molecule has 1 N–H and O–H groups in total. The van der Waals surface area contributed by atoms with Crippen molar-refractivity contribution in [3.63, 3.8) is 0 Å². The number of rotatable bonds is 3. The monoisotopic (exact) mass is 380 g/mol. The second-order valence-corrected chi connectivity index (χ2v) is 7.88. The number of fused-ring (bicyclic) bond motifs is 1. The summed E-state index contributed by atoms with van der Waals surface area (Å²) in [5, 5.41) is 7.75. The van der Waals surface area contributed by atoms with Crippen molar-refractivity contribution in [2.75, 3.05) is 0 Å². The van der Waals surface area contributed by atoms with E-state index in [9.17, 15) is 17.6 Å². The van der Waals surface area contributed by atoms with E-state index in [0.717, 1.165) is 12.1 Å². The Kier molecular flexibility index (Phi) is 4.08. The Balaban J connectivity index is 1.78. The molecule has 1 heterocycles. The SMILES string of the molecule is O=c1[nH]nc(-c2ccc(S(=O)(=O)c3ccc(F)cc3)cc2)c2ccccc12. The van der Waals surface area contributed by atoms with E-state index in [2.05, 4.69) is 10.2 Å². The normalized spacial score (nSPS) is 11.6. The number of benzene rings is 3. The number of H-pyrrole nitrogens is 1. The van der Waals surface area contributed by atoms with Gasteiger partial charge in [0.15, 0.2) is 0 Å². The Morgan fingerprint density at radius 3 is 1.96 bits per heavy atom. The second-order valence-electron chi connectivity index (χ2n) is 5.93. The third-order valence-electron chi connectivity index (χ3n) is 4.26. The predicted molar refractivity (Wildman–Crippen MR) is 99.7 cm³/mol. The van der Waals surface area contributed by atoms with Crippen molar-refractivity contribution in [3.05, 3.63) is 89.0 Å². The van der Waals surface area contributed by atoms with Crippen LogP contribution in [0.4, 0.5) is 4.39 Å². The van der Waals surface area contributed by atoms with E-state index >= 15 is 0 Å². The van der Waals surface area contributed by atoms with Crippen molar-refractivity contribution in [1.82, 2.24) is 10.2 Å². The van der Waals surface area contributed by atoms with Crippen LogP contribution in [0.25, 0.3) is 22.0 Å². The number of aromatic amines is 1. The molecule has 0 atom stereocenters. The molecule has 1 aromatic heterocycles. The molecule has 0 saturated heterocycles. The Labute approximate surface area is 154 Å². The van der Waals surface area contributed by atoms with Gasteiger partial charge in [0.1, 0.15) is 5.82 Å². The molecule has 4 rings (SSSR count). The fraction of sp³-hybridized carbons (Fsp3) is 0. The van der Waals surface area contributed by atoms with Crippen molar-refractivity contribution in [2.45, 2.75) is 9.79 Å². The quantitative estimate of drug-likeness (QED) is 0.551. The lowest BCUT2D eigenvalue weighted by Crippen LogP contribution is -2.09. The summed E-state index contributed by atoms with van der Waals surface area (Å²) in [5.74, 6) is -0.500. The van der Waals surface area contributed by atoms with E-state index in [1.165, 1.54) is 24.3 Å². The molecule has 0 aliphatic carbocycles. The second kappa shape index (κ2) is 6.44. The van der Waals surface area contributed by atoms with E-state index in [0.29, 0.717) is 22.0 Å². The maximum absolute atomic E-state index is 13.0. The summed E-state index contributed by atoms with van der Waals surface area (Å²) in [6, 6.07) is 17.9. The summed E-state index contributed by atoms with van der Waals surface area (Å²) in [4.78, 5) is 12.0. The first-order valence-corrected chi connectivity index (χ1v) is 9.54. The Morgan fingerprint density at radius 2 is 1.33 bits per heavy atom. The number of sulfone groups is 1. The van der Waals surface area contributed by atoms with Crippen LogP contribution >= 0.6 is 0 Å². The largest absolute Gasteiger partial charge is 0.272 e. The van der Waals surface area contributed by atoms with Crippen LogP contribution < -0.4 is 5.56 Å². The molecule has 27 heavy (non-hydrogen) atoms. The van der Waals surface area contributed by atoms with Crippen LogP contribution in [0.15, 0.2) is 87.4 Å². The zero-order chi connectivity index (χ0) is 19.0. The van der Waals surface area contributed by atoms with Gasteiger partial charge in [0.05, 0.1) is 20.9 Å². The van der Waals surface area contributed by atoms with Gasteiger partial charge in [-0.2, -0.15) is 5.10 Å². The number of hydrogen-bond acceptors (Lipinski definition) is 4. The maximum Gasteiger partial charge on any atom is 0.272 e. The van der Waals surface area contributed by atoms with E-state index in [1.807, 2.05) is 0 Å². The van der Waals surface area contributed by atoms with Gasteiger partial charge in [0, 0.05) is 10.9 Å². The summed E-state index contributed by atoms with van der Waals surface area (Å²) < 4.78 is 38.4. The van der Waals surface area contributed by atoms with E-state index in [4.69, 9.17) is 0 Å². The Morgan fingerprint density at radius 1 is 0.778 bits per heavy atom. The summed E-state index contributed by atoms with van der Waals surface area (Å²) in [5.41, 5.74) is 0.932. The molecule has 134 valence electrons. The van der Waals surface area contributed by atoms with Crippen molar-refractivity contribution >= 4 is 20.6 Å². The summed E-state index contributed by atoms with van der Waals surface area (Å²) in [6.07, 6.45) is 0. The Bertz CT molecular complexity index is 1300. The molecule has 0 spiro atoms. The summed E-state index contributed by atoms with van der Waals surface area (Å²) in [7, 11) is -3.75. The highest BCUT2D eigenvalue weighted by Crippen LogP contribution is 2.27. The first-order valence-electron chi connectivity index (χ1n) is 8.05. The molecule has 0 aliphatic rings. The number of aromatic nitrogens is 2. The molecule has 0 radical (unpaired) electrons. The first-order chi connectivity index (χ1) is 13.0. The van der Waals surface area contributed by atoms with Gasteiger partial charge < -0.3 is 0 Å². The van der Waals surface area contributed by atoms with Crippen LogP contribution in [-0.4, -0.2) is 18.6 Å². The smallest absolute Gasteiger partial charge is 0.267 e. The minimum absolute atomic E-state index is 0.0178. The van der Waals surface area contributed by atoms with Gasteiger partial charge in [-0.3, -0.25) is 4.79 Å². The highest BCUT2D eigenvalue weighted by molar-refractivity contribution is 7.91. The van der Waals surface area contributed by atoms with Crippen LogP contribution in [0.1, 0.15) is 0 Å². The number of hydrogen-bond donors (Lipinski definition) is 1. The molecule has 0 aliphatic heterocycles. The fourth-order valence-electron chi connectivity index (χ4n) is 2.88. The van der Waals surface area contributed by atoms with Crippen LogP contribution in [0.2, 0.25) is 0 Å². The molecule has 0 saturated carbocycles. The Hall–Kier alpha value is -3.32. The van der Waals surface area contributed by atoms with Crippen LogP contribution in [0.3, 0.4) is 0 Å². The fourth-order valence-corrected chi connectivity index (χ4v) is 4.14. The van der Waals surface area contributed by atoms with Gasteiger partial charge in [-0.05, 0) is 42.5 Å². The maximum atomic E-state index is 13.0. The molecule has 0 bridgehead atoms. The third-order valence-corrected chi connectivity index (χ3v) is 6.04. The zero-order valence-corrected chi connectivity index (χ0v) is 14.7. The molecule has 5 nitrogen and oxygen atoms in total. The van der Waals surface area contributed by atoms with Gasteiger partial charge in [-0.15, -0.1) is 0 Å². The molecule has 7 heteroatoms. The van der Waals surface area contributed by atoms with Gasteiger partial charge in [-0.25, -0.2) is 17.9 Å². The van der Waals surface area contributed by atoms with Crippen LogP contribution in [-0.2, 0) is 9.84 Å². The molecule has 3 aromatic carbocycles. The highest BCUT2D eigenvalue weighted by Gasteiger charge is 2.18. The van der Waals surface area contributed by atoms with Gasteiger partial charge in [0.2, 0.25) is 9.84 Å². The van der Waals surface area contributed by atoms with Crippen molar-refractivity contribution in [2.24, 2.45) is 0 Å². The molecular weight excluding hydrogens is 367 g/mol. The minimum Gasteiger partial charge on any atom is -0.267 e. The van der Waals surface area contributed by atoms with Crippen molar-refractivity contribution in [3.8, 4) is 11.3 Å². The lowest BCUT2D eigenvalue weighted by Gasteiger charge is -2.08. The third kappa shape index (κ3) is 3.02. The molecular formula is C20H13FN2O3S. The average molecular weight is 380 g/mol. The zero-order valence-electron chi connectivity index (χ0n) is 13.9. The number of nitrogens with one attached hydrogen (secondary N) is 1. The van der Waals surface area contributed by atoms with Gasteiger partial charge in [0.25, 0.3) is 5.56 Å². The van der Waals surface area contributed by atoms with E-state index in [-0.39, 0.29) is 15.4 Å². The lowest BCUT2D eigenvalue weighted by molar-refractivity contribution is 0.595. The molecule has 0 unspecified atom stereocenters. The van der Waals surface area contributed by atoms with Gasteiger partial charge in [-0.1, -0.05) is 30.3 Å². The minimum atomic E-state index is -3.75. The van der Waals surface area contributed by atoms with E-state index < -0.39 is 15.7 Å². The number of halogens is 1. The predicted octanol–water partition coefficient (Wildman–Crippen LogP) is 3.56. The lowest BCUT2D eigenvalue weighted by atomic mass is 10.1. The summed E-state index contributed by atoms with van der Waals surface area (Å²) in [6.45, 7) is 0. The standard InChI is InChI=1S/C20H13FN2O3S/c21-14-7-11-16(12-8-14)27(25,26)15-9-5-13(6-10-15)19-17-3-1-2-4-18(17)20(24)23-22-19/h1-12H,(H,23,24). The number of nitrogens with zero attached hydrogens (tertiary/aromatic N) is 1. The van der Waals surface area contributed by atoms with E-state index in [1.54, 1.807) is 36.4 Å². The van der Waals surface area contributed by atoms with Gasteiger partial charge >= 0.3 is 0 Å². The highest BCUT2D eigenvalue weighted by atomic mass is 32.2. The van der Waals surface area contributed by atoms with Crippen LogP contribution in [0.5, 0.6) is 0 Å². The molecule has 0 amide bonds.